The highest BCUT2D eigenvalue weighted by molar-refractivity contribution is 6.07. The zero-order valence-corrected chi connectivity index (χ0v) is 15.4. The number of carbonyl (C=O) groups excluding carboxylic acids is 2. The van der Waals surface area contributed by atoms with Crippen molar-refractivity contribution in [2.24, 2.45) is 0 Å². The molecule has 0 aliphatic carbocycles. The first-order valence-electron chi connectivity index (χ1n) is 9.36. The minimum absolute atomic E-state index is 0.0320. The van der Waals surface area contributed by atoms with E-state index in [9.17, 15) is 9.59 Å². The van der Waals surface area contributed by atoms with Gasteiger partial charge in [0, 0.05) is 17.7 Å². The van der Waals surface area contributed by atoms with Crippen LogP contribution in [-0.2, 0) is 4.79 Å². The molecule has 0 heterocycles. The molecule has 0 aliphatic rings. The van der Waals surface area contributed by atoms with Gasteiger partial charge in [-0.25, -0.2) is 0 Å². The largest absolute Gasteiger partial charge is 0.326 e. The number of rotatable bonds is 10. The molecule has 0 aliphatic heterocycles. The molecule has 0 saturated heterocycles. The monoisotopic (exact) mass is 349 g/mol. The second kappa shape index (κ2) is 11.0. The summed E-state index contributed by atoms with van der Waals surface area (Å²) in [7, 11) is 0. The summed E-state index contributed by atoms with van der Waals surface area (Å²) >= 11 is 0. The van der Waals surface area contributed by atoms with Crippen molar-refractivity contribution in [1.82, 2.24) is 0 Å². The van der Waals surface area contributed by atoms with Gasteiger partial charge < -0.3 is 5.32 Å². The number of hydrogen-bond acceptors (Lipinski definition) is 2. The average Bonchev–Trinajstić information content (AvgIpc) is 2.67. The van der Waals surface area contributed by atoms with E-state index in [0.717, 1.165) is 24.1 Å². The Labute approximate surface area is 156 Å². The molecule has 0 fully saturated rings. The first-order valence-corrected chi connectivity index (χ1v) is 9.36. The van der Waals surface area contributed by atoms with Gasteiger partial charge in [0.15, 0.2) is 5.78 Å². The van der Waals surface area contributed by atoms with E-state index in [4.69, 9.17) is 0 Å². The van der Waals surface area contributed by atoms with E-state index in [-0.39, 0.29) is 11.7 Å². The fourth-order valence-corrected chi connectivity index (χ4v) is 2.66. The molecule has 3 heteroatoms. The number of amides is 1. The van der Waals surface area contributed by atoms with Crippen LogP contribution in [0.3, 0.4) is 0 Å². The molecule has 136 valence electrons. The number of allylic oxidation sites excluding steroid dienone is 1. The van der Waals surface area contributed by atoms with Gasteiger partial charge in [0.2, 0.25) is 5.91 Å². The van der Waals surface area contributed by atoms with Gasteiger partial charge >= 0.3 is 0 Å². The lowest BCUT2D eigenvalue weighted by Crippen LogP contribution is -2.11. The minimum atomic E-state index is -0.0531. The predicted molar refractivity (Wildman–Crippen MR) is 108 cm³/mol. The van der Waals surface area contributed by atoms with Crippen molar-refractivity contribution in [3.05, 3.63) is 71.8 Å². The van der Waals surface area contributed by atoms with Crippen molar-refractivity contribution in [1.29, 1.82) is 0 Å². The molecule has 0 aromatic heterocycles. The van der Waals surface area contributed by atoms with Crippen LogP contribution in [0.25, 0.3) is 6.08 Å². The van der Waals surface area contributed by atoms with Gasteiger partial charge in [0.25, 0.3) is 0 Å². The Hall–Kier alpha value is -2.68. The van der Waals surface area contributed by atoms with E-state index in [0.29, 0.717) is 12.0 Å². The van der Waals surface area contributed by atoms with Crippen LogP contribution in [0.1, 0.15) is 61.4 Å². The lowest BCUT2D eigenvalue weighted by Gasteiger charge is -2.06. The van der Waals surface area contributed by atoms with Crippen molar-refractivity contribution in [3.63, 3.8) is 0 Å². The highest BCUT2D eigenvalue weighted by Crippen LogP contribution is 2.13. The molecule has 2 aromatic carbocycles. The van der Waals surface area contributed by atoms with Gasteiger partial charge in [0.05, 0.1) is 0 Å². The number of anilines is 1. The smallest absolute Gasteiger partial charge is 0.224 e. The molecular formula is C23H27NO2. The number of ketones is 1. The van der Waals surface area contributed by atoms with Gasteiger partial charge in [-0.05, 0) is 42.3 Å². The lowest BCUT2D eigenvalue weighted by atomic mass is 10.1. The van der Waals surface area contributed by atoms with E-state index >= 15 is 0 Å². The molecule has 2 aromatic rings. The summed E-state index contributed by atoms with van der Waals surface area (Å²) in [6.07, 6.45) is 9.57. The summed E-state index contributed by atoms with van der Waals surface area (Å²) in [6.45, 7) is 2.18. The second-order valence-electron chi connectivity index (χ2n) is 6.40. The number of carbonyl (C=O) groups is 2. The SMILES string of the molecule is CCCCCCCC(=O)Nc1ccc(C(=O)/C=C/c2ccccc2)cc1. The third kappa shape index (κ3) is 7.06. The Morgan fingerprint density at radius 3 is 2.27 bits per heavy atom. The van der Waals surface area contributed by atoms with Gasteiger partial charge in [0.1, 0.15) is 0 Å². The van der Waals surface area contributed by atoms with Crippen LogP contribution in [0.2, 0.25) is 0 Å². The van der Waals surface area contributed by atoms with Gasteiger partial charge in [-0.15, -0.1) is 0 Å². The van der Waals surface area contributed by atoms with Crippen LogP contribution in [0.15, 0.2) is 60.7 Å². The van der Waals surface area contributed by atoms with E-state index in [1.807, 2.05) is 30.3 Å². The zero-order valence-electron chi connectivity index (χ0n) is 15.4. The highest BCUT2D eigenvalue weighted by Gasteiger charge is 2.05. The van der Waals surface area contributed by atoms with Crippen molar-refractivity contribution >= 4 is 23.5 Å². The molecule has 3 nitrogen and oxygen atoms in total. The molecule has 0 saturated carbocycles. The third-order valence-electron chi connectivity index (χ3n) is 4.19. The van der Waals surface area contributed by atoms with Crippen molar-refractivity contribution in [2.45, 2.75) is 45.4 Å². The average molecular weight is 349 g/mol. The van der Waals surface area contributed by atoms with E-state index in [2.05, 4.69) is 12.2 Å². The third-order valence-corrected chi connectivity index (χ3v) is 4.19. The zero-order chi connectivity index (χ0) is 18.6. The van der Waals surface area contributed by atoms with Crippen LogP contribution in [-0.4, -0.2) is 11.7 Å². The molecule has 0 spiro atoms. The van der Waals surface area contributed by atoms with Crippen molar-refractivity contribution in [3.8, 4) is 0 Å². The summed E-state index contributed by atoms with van der Waals surface area (Å²) in [4.78, 5) is 24.1. The van der Waals surface area contributed by atoms with E-state index in [1.54, 1.807) is 36.4 Å². The summed E-state index contributed by atoms with van der Waals surface area (Å²) in [5.74, 6) is -0.0211. The fraction of sp³-hybridized carbons (Fsp3) is 0.304. The second-order valence-corrected chi connectivity index (χ2v) is 6.40. The van der Waals surface area contributed by atoms with Crippen LogP contribution in [0.5, 0.6) is 0 Å². The van der Waals surface area contributed by atoms with Gasteiger partial charge in [-0.3, -0.25) is 9.59 Å². The predicted octanol–water partition coefficient (Wildman–Crippen LogP) is 5.88. The summed E-state index contributed by atoms with van der Waals surface area (Å²) in [6, 6.07) is 16.8. The normalized spacial score (nSPS) is 10.8. The Kier molecular flexibility index (Phi) is 8.34. The fourth-order valence-electron chi connectivity index (χ4n) is 2.66. The van der Waals surface area contributed by atoms with E-state index in [1.165, 1.54) is 19.3 Å². The molecule has 0 atom stereocenters. The molecule has 2 rings (SSSR count). The molecule has 0 unspecified atom stereocenters. The highest BCUT2D eigenvalue weighted by atomic mass is 16.1. The molecule has 1 N–H and O–H groups in total. The van der Waals surface area contributed by atoms with Crippen LogP contribution in [0.4, 0.5) is 5.69 Å². The Morgan fingerprint density at radius 1 is 0.885 bits per heavy atom. The number of hydrogen-bond donors (Lipinski definition) is 1. The first-order chi connectivity index (χ1) is 12.7. The maximum Gasteiger partial charge on any atom is 0.224 e. The lowest BCUT2D eigenvalue weighted by molar-refractivity contribution is -0.116. The molecular weight excluding hydrogens is 322 g/mol. The molecule has 0 radical (unpaired) electrons. The van der Waals surface area contributed by atoms with E-state index < -0.39 is 0 Å². The number of benzene rings is 2. The Morgan fingerprint density at radius 2 is 1.58 bits per heavy atom. The number of unbranched alkanes of at least 4 members (excludes halogenated alkanes) is 4. The topological polar surface area (TPSA) is 46.2 Å². The Bertz CT molecular complexity index is 718. The maximum absolute atomic E-state index is 12.2. The van der Waals surface area contributed by atoms with Gasteiger partial charge in [-0.2, -0.15) is 0 Å². The van der Waals surface area contributed by atoms with Crippen molar-refractivity contribution < 1.29 is 9.59 Å². The van der Waals surface area contributed by atoms with Crippen LogP contribution in [0, 0.1) is 0 Å². The van der Waals surface area contributed by atoms with Gasteiger partial charge in [-0.1, -0.05) is 69.0 Å². The van der Waals surface area contributed by atoms with Crippen LogP contribution < -0.4 is 5.32 Å². The Balaban J connectivity index is 1.81. The molecule has 26 heavy (non-hydrogen) atoms. The maximum atomic E-state index is 12.2. The van der Waals surface area contributed by atoms with Crippen molar-refractivity contribution in [2.75, 3.05) is 5.32 Å². The summed E-state index contributed by atoms with van der Waals surface area (Å²) in [5.41, 5.74) is 2.32. The molecule has 1 amide bonds. The standard InChI is InChI=1S/C23H27NO2/c1-2-3-4-5-9-12-23(26)24-21-16-14-20(15-17-21)22(25)18-13-19-10-7-6-8-11-19/h6-8,10-11,13-18H,2-5,9,12H2,1H3,(H,24,26)/b18-13+. The summed E-state index contributed by atoms with van der Waals surface area (Å²) in [5, 5.41) is 2.89. The first kappa shape index (κ1) is 19.6. The quantitative estimate of drug-likeness (QED) is 0.331. The molecule has 0 bridgehead atoms. The summed E-state index contributed by atoms with van der Waals surface area (Å²) < 4.78 is 0. The van der Waals surface area contributed by atoms with Crippen LogP contribution >= 0.6 is 0 Å². The number of nitrogens with one attached hydrogen (secondary N) is 1. The minimum Gasteiger partial charge on any atom is -0.326 e.